The van der Waals surface area contributed by atoms with Crippen molar-refractivity contribution >= 4 is 29.9 Å². The summed E-state index contributed by atoms with van der Waals surface area (Å²) in [6, 6.07) is 6.98. The van der Waals surface area contributed by atoms with Crippen LogP contribution in [0.3, 0.4) is 0 Å². The van der Waals surface area contributed by atoms with Crippen molar-refractivity contribution in [1.82, 2.24) is 4.90 Å². The third-order valence-electron chi connectivity index (χ3n) is 2.77. The number of nitrogens with two attached hydrogens (primary N) is 1. The molecule has 0 atom stereocenters. The fourth-order valence-electron chi connectivity index (χ4n) is 1.57. The van der Waals surface area contributed by atoms with Crippen molar-refractivity contribution in [3.05, 3.63) is 35.6 Å². The molecule has 0 saturated heterocycles. The molecule has 1 aromatic carbocycles. The van der Waals surface area contributed by atoms with Gasteiger partial charge in [-0.1, -0.05) is 12.1 Å². The number of halogens is 2. The van der Waals surface area contributed by atoms with E-state index in [9.17, 15) is 4.39 Å². The highest BCUT2D eigenvalue weighted by Gasteiger charge is 2.27. The first-order valence-electron chi connectivity index (χ1n) is 5.44. The van der Waals surface area contributed by atoms with Crippen LogP contribution >= 0.6 is 24.0 Å². The Morgan fingerprint density at radius 3 is 2.82 bits per heavy atom. The predicted octanol–water partition coefficient (Wildman–Crippen LogP) is 2.35. The van der Waals surface area contributed by atoms with Crippen LogP contribution in [0.25, 0.3) is 0 Å². The lowest BCUT2D eigenvalue weighted by atomic mass is 10.2. The topological polar surface area (TPSA) is 41.6 Å². The van der Waals surface area contributed by atoms with E-state index >= 15 is 0 Å². The minimum absolute atomic E-state index is 0. The average molecular weight is 349 g/mol. The van der Waals surface area contributed by atoms with Gasteiger partial charge in [-0.05, 0) is 30.5 Å². The highest BCUT2D eigenvalue weighted by Crippen LogP contribution is 2.24. The summed E-state index contributed by atoms with van der Waals surface area (Å²) < 4.78 is 12.9. The Balaban J connectivity index is 0.00000144. The molecule has 1 aliphatic carbocycles. The van der Waals surface area contributed by atoms with Crippen molar-refractivity contribution in [2.75, 3.05) is 7.05 Å². The van der Waals surface area contributed by atoms with Crippen LogP contribution in [-0.2, 0) is 6.54 Å². The number of benzene rings is 1. The van der Waals surface area contributed by atoms with Crippen LogP contribution in [-0.4, -0.2) is 23.9 Å². The van der Waals surface area contributed by atoms with Gasteiger partial charge in [0.25, 0.3) is 0 Å². The molecule has 0 aromatic heterocycles. The van der Waals surface area contributed by atoms with E-state index in [1.54, 1.807) is 6.07 Å². The summed E-state index contributed by atoms with van der Waals surface area (Å²) >= 11 is 0. The number of guanidine groups is 1. The van der Waals surface area contributed by atoms with Crippen molar-refractivity contribution < 1.29 is 4.39 Å². The number of hydrogen-bond donors (Lipinski definition) is 1. The van der Waals surface area contributed by atoms with Gasteiger partial charge in [0, 0.05) is 13.1 Å². The summed E-state index contributed by atoms with van der Waals surface area (Å²) in [5, 5.41) is 0. The molecule has 94 valence electrons. The number of rotatable bonds is 3. The highest BCUT2D eigenvalue weighted by atomic mass is 127. The summed E-state index contributed by atoms with van der Waals surface area (Å²) in [5.74, 6) is 0.300. The largest absolute Gasteiger partial charge is 0.370 e. The molecule has 0 unspecified atom stereocenters. The van der Waals surface area contributed by atoms with Gasteiger partial charge < -0.3 is 10.6 Å². The fraction of sp³-hybridized carbons (Fsp3) is 0.417. The molecule has 17 heavy (non-hydrogen) atoms. The van der Waals surface area contributed by atoms with E-state index < -0.39 is 0 Å². The van der Waals surface area contributed by atoms with Gasteiger partial charge in [0.05, 0.1) is 6.54 Å². The first kappa shape index (κ1) is 14.2. The second-order valence-electron chi connectivity index (χ2n) is 4.15. The quantitative estimate of drug-likeness (QED) is 0.517. The summed E-state index contributed by atoms with van der Waals surface area (Å²) in [5.41, 5.74) is 6.67. The Morgan fingerprint density at radius 2 is 2.24 bits per heavy atom. The SMILES string of the molecule is CN(C(N)=NCc1cccc(F)c1)C1CC1.I. The van der Waals surface area contributed by atoms with Crippen molar-refractivity contribution in [1.29, 1.82) is 0 Å². The predicted molar refractivity (Wildman–Crippen MR) is 77.9 cm³/mol. The molecule has 0 amide bonds. The van der Waals surface area contributed by atoms with Gasteiger partial charge in [0.2, 0.25) is 0 Å². The first-order valence-corrected chi connectivity index (χ1v) is 5.44. The van der Waals surface area contributed by atoms with Gasteiger partial charge in [-0.2, -0.15) is 0 Å². The van der Waals surface area contributed by atoms with Gasteiger partial charge in [0.1, 0.15) is 5.82 Å². The van der Waals surface area contributed by atoms with E-state index in [1.807, 2.05) is 18.0 Å². The van der Waals surface area contributed by atoms with E-state index in [-0.39, 0.29) is 29.8 Å². The fourth-order valence-corrected chi connectivity index (χ4v) is 1.57. The molecular formula is C12H17FIN3. The average Bonchev–Trinajstić information content (AvgIpc) is 3.09. The molecule has 0 radical (unpaired) electrons. The number of aliphatic imine (C=N–C) groups is 1. The zero-order valence-corrected chi connectivity index (χ0v) is 12.1. The van der Waals surface area contributed by atoms with Gasteiger partial charge in [-0.15, -0.1) is 24.0 Å². The molecule has 5 heteroatoms. The Kier molecular flexibility index (Phi) is 5.17. The third-order valence-corrected chi connectivity index (χ3v) is 2.77. The van der Waals surface area contributed by atoms with Gasteiger partial charge >= 0.3 is 0 Å². The molecule has 0 bridgehead atoms. The number of nitrogens with zero attached hydrogens (tertiary/aromatic N) is 2. The van der Waals surface area contributed by atoms with Crippen LogP contribution in [0.5, 0.6) is 0 Å². The number of hydrogen-bond acceptors (Lipinski definition) is 1. The van der Waals surface area contributed by atoms with Gasteiger partial charge in [-0.3, -0.25) is 0 Å². The maximum atomic E-state index is 12.9. The normalized spacial score (nSPS) is 15.3. The lowest BCUT2D eigenvalue weighted by Gasteiger charge is -2.16. The van der Waals surface area contributed by atoms with Crippen LogP contribution in [0.1, 0.15) is 18.4 Å². The summed E-state index contributed by atoms with van der Waals surface area (Å²) in [4.78, 5) is 6.24. The Hall–Kier alpha value is -0.850. The smallest absolute Gasteiger partial charge is 0.191 e. The second kappa shape index (κ2) is 6.18. The van der Waals surface area contributed by atoms with Gasteiger partial charge in [-0.25, -0.2) is 9.38 Å². The lowest BCUT2D eigenvalue weighted by molar-refractivity contribution is 0.487. The molecular weight excluding hydrogens is 332 g/mol. The molecule has 0 aliphatic heterocycles. The second-order valence-corrected chi connectivity index (χ2v) is 4.15. The van der Waals surface area contributed by atoms with E-state index in [2.05, 4.69) is 4.99 Å². The van der Waals surface area contributed by atoms with Crippen LogP contribution < -0.4 is 5.73 Å². The molecule has 3 nitrogen and oxygen atoms in total. The zero-order chi connectivity index (χ0) is 11.5. The van der Waals surface area contributed by atoms with Crippen molar-refractivity contribution in [2.45, 2.75) is 25.4 Å². The Bertz CT molecular complexity index is 404. The Labute approximate surface area is 118 Å². The van der Waals surface area contributed by atoms with E-state index in [0.29, 0.717) is 18.5 Å². The zero-order valence-electron chi connectivity index (χ0n) is 9.77. The summed E-state index contributed by atoms with van der Waals surface area (Å²) in [6.45, 7) is 0.431. The molecule has 1 aromatic rings. The van der Waals surface area contributed by atoms with Crippen molar-refractivity contribution in [3.63, 3.8) is 0 Å². The maximum absolute atomic E-state index is 12.9. The standard InChI is InChI=1S/C12H16FN3.HI/c1-16(11-5-6-11)12(14)15-8-9-3-2-4-10(13)7-9;/h2-4,7,11H,5-6,8H2,1H3,(H2,14,15);1H. The first-order chi connectivity index (χ1) is 7.66. The summed E-state index contributed by atoms with van der Waals surface area (Å²) in [7, 11) is 1.95. The molecule has 2 N–H and O–H groups in total. The molecule has 0 spiro atoms. The minimum atomic E-state index is -0.234. The maximum Gasteiger partial charge on any atom is 0.191 e. The highest BCUT2D eigenvalue weighted by molar-refractivity contribution is 14.0. The molecule has 1 aliphatic rings. The summed E-state index contributed by atoms with van der Waals surface area (Å²) in [6.07, 6.45) is 2.37. The van der Waals surface area contributed by atoms with Crippen molar-refractivity contribution in [3.8, 4) is 0 Å². The molecule has 2 rings (SSSR count). The molecule has 1 saturated carbocycles. The van der Waals surface area contributed by atoms with E-state index in [4.69, 9.17) is 5.73 Å². The lowest BCUT2D eigenvalue weighted by Crippen LogP contribution is -2.35. The van der Waals surface area contributed by atoms with E-state index in [0.717, 1.165) is 5.56 Å². The van der Waals surface area contributed by atoms with Gasteiger partial charge in [0.15, 0.2) is 5.96 Å². The molecule has 1 fully saturated rings. The monoisotopic (exact) mass is 349 g/mol. The minimum Gasteiger partial charge on any atom is -0.370 e. The molecule has 0 heterocycles. The Morgan fingerprint density at radius 1 is 1.53 bits per heavy atom. The van der Waals surface area contributed by atoms with Crippen LogP contribution in [0.4, 0.5) is 4.39 Å². The van der Waals surface area contributed by atoms with Crippen LogP contribution in [0.15, 0.2) is 29.3 Å². The van der Waals surface area contributed by atoms with E-state index in [1.165, 1.54) is 25.0 Å². The van der Waals surface area contributed by atoms with Crippen molar-refractivity contribution in [2.24, 2.45) is 10.7 Å². The van der Waals surface area contributed by atoms with Crippen LogP contribution in [0, 0.1) is 5.82 Å². The van der Waals surface area contributed by atoms with Crippen LogP contribution in [0.2, 0.25) is 0 Å². The third kappa shape index (κ3) is 4.14.